The fourth-order valence-electron chi connectivity index (χ4n) is 1.68. The van der Waals surface area contributed by atoms with Gasteiger partial charge in [0.15, 0.2) is 0 Å². The van der Waals surface area contributed by atoms with Crippen molar-refractivity contribution in [1.82, 2.24) is 4.90 Å². The third-order valence-corrected chi connectivity index (χ3v) is 2.96. The predicted octanol–water partition coefficient (Wildman–Crippen LogP) is 2.90. The molecule has 4 heteroatoms. The minimum absolute atomic E-state index is 0.0144. The molecule has 0 fully saturated rings. The van der Waals surface area contributed by atoms with Crippen LogP contribution < -0.4 is 0 Å². The molecule has 0 radical (unpaired) electrons. The second-order valence-electron chi connectivity index (χ2n) is 5.20. The summed E-state index contributed by atoms with van der Waals surface area (Å²) in [5, 5.41) is 8.55. The van der Waals surface area contributed by atoms with Crippen LogP contribution in [0.4, 0.5) is 0 Å². The Morgan fingerprint density at radius 2 is 1.85 bits per heavy atom. The van der Waals surface area contributed by atoms with Gasteiger partial charge in [0, 0.05) is 25.2 Å². The highest BCUT2D eigenvalue weighted by atomic mass is 16.4. The second-order valence-corrected chi connectivity index (χ2v) is 5.20. The summed E-state index contributed by atoms with van der Waals surface area (Å²) in [6.45, 7) is 4.99. The molecule has 0 unspecified atom stereocenters. The molecule has 0 aliphatic carbocycles. The Hall–Kier alpha value is -2.10. The van der Waals surface area contributed by atoms with Crippen LogP contribution in [0.3, 0.4) is 0 Å². The number of carboxylic acid groups (broad SMARTS) is 1. The molecule has 0 saturated heterocycles. The maximum atomic E-state index is 12.1. The summed E-state index contributed by atoms with van der Waals surface area (Å²) in [6.07, 6.45) is 3.55. The largest absolute Gasteiger partial charge is 0.478 e. The van der Waals surface area contributed by atoms with E-state index >= 15 is 0 Å². The molecule has 1 N–H and O–H groups in total. The number of aliphatic carboxylic acids is 1. The molecule has 0 aromatic heterocycles. The zero-order chi connectivity index (χ0) is 15.1. The van der Waals surface area contributed by atoms with Crippen LogP contribution in [0.1, 0.15) is 36.2 Å². The lowest BCUT2D eigenvalue weighted by molar-refractivity contribution is -0.131. The van der Waals surface area contributed by atoms with Gasteiger partial charge in [0.05, 0.1) is 0 Å². The molecule has 0 aliphatic rings. The Bertz CT molecular complexity index is 489. The zero-order valence-electron chi connectivity index (χ0n) is 12.2. The van der Waals surface area contributed by atoms with Gasteiger partial charge in [0.25, 0.3) is 5.91 Å². The standard InChI is InChI=1S/C16H21NO3/c1-12(2)10-11-17(3)16(20)14-7-4-13(5-8-14)6-9-15(18)19/h4-9,12H,10-11H2,1-3H3,(H,18,19). The van der Waals surface area contributed by atoms with Crippen LogP contribution in [0.2, 0.25) is 0 Å². The lowest BCUT2D eigenvalue weighted by atomic mass is 10.1. The number of carboxylic acids is 1. The van der Waals surface area contributed by atoms with E-state index in [9.17, 15) is 9.59 Å². The maximum Gasteiger partial charge on any atom is 0.328 e. The van der Waals surface area contributed by atoms with Crippen LogP contribution in [0.15, 0.2) is 30.3 Å². The molecule has 0 saturated carbocycles. The van der Waals surface area contributed by atoms with Crippen molar-refractivity contribution in [3.05, 3.63) is 41.5 Å². The second kappa shape index (κ2) is 7.48. The van der Waals surface area contributed by atoms with Gasteiger partial charge in [-0.1, -0.05) is 26.0 Å². The van der Waals surface area contributed by atoms with Gasteiger partial charge in [-0.15, -0.1) is 0 Å². The maximum absolute atomic E-state index is 12.1. The van der Waals surface area contributed by atoms with Crippen LogP contribution in [0.25, 0.3) is 6.08 Å². The lowest BCUT2D eigenvalue weighted by Gasteiger charge is -2.18. The average molecular weight is 275 g/mol. The van der Waals surface area contributed by atoms with Crippen molar-refractivity contribution in [2.45, 2.75) is 20.3 Å². The normalized spacial score (nSPS) is 11.0. The molecule has 0 atom stereocenters. The third-order valence-electron chi connectivity index (χ3n) is 2.96. The number of rotatable bonds is 6. The summed E-state index contributed by atoms with van der Waals surface area (Å²) in [5.41, 5.74) is 1.37. The third kappa shape index (κ3) is 5.26. The Morgan fingerprint density at radius 3 is 2.35 bits per heavy atom. The Balaban J connectivity index is 2.68. The first-order valence-corrected chi connectivity index (χ1v) is 6.66. The van der Waals surface area contributed by atoms with Crippen molar-refractivity contribution in [2.75, 3.05) is 13.6 Å². The Morgan fingerprint density at radius 1 is 1.25 bits per heavy atom. The molecule has 1 amide bonds. The van der Waals surface area contributed by atoms with Crippen molar-refractivity contribution in [3.63, 3.8) is 0 Å². The van der Waals surface area contributed by atoms with E-state index in [4.69, 9.17) is 5.11 Å². The zero-order valence-corrected chi connectivity index (χ0v) is 12.2. The molecule has 0 heterocycles. The van der Waals surface area contributed by atoms with Crippen LogP contribution >= 0.6 is 0 Å². The highest BCUT2D eigenvalue weighted by Gasteiger charge is 2.11. The number of hydrogen-bond donors (Lipinski definition) is 1. The number of carbonyl (C=O) groups excluding carboxylic acids is 1. The summed E-state index contributed by atoms with van der Waals surface area (Å²) in [7, 11) is 1.79. The first-order valence-electron chi connectivity index (χ1n) is 6.66. The lowest BCUT2D eigenvalue weighted by Crippen LogP contribution is -2.28. The van der Waals surface area contributed by atoms with Crippen LogP contribution in [-0.2, 0) is 4.79 Å². The SMILES string of the molecule is CC(C)CCN(C)C(=O)c1ccc(C=CC(=O)O)cc1. The molecular formula is C16H21NO3. The fourth-order valence-corrected chi connectivity index (χ4v) is 1.68. The van der Waals surface area contributed by atoms with E-state index in [1.807, 2.05) is 0 Å². The molecule has 0 aliphatic heterocycles. The van der Waals surface area contributed by atoms with Gasteiger partial charge in [-0.05, 0) is 36.1 Å². The molecule has 108 valence electrons. The van der Waals surface area contributed by atoms with Crippen LogP contribution in [0, 0.1) is 5.92 Å². The van der Waals surface area contributed by atoms with E-state index in [2.05, 4.69) is 13.8 Å². The van der Waals surface area contributed by atoms with E-state index in [0.717, 1.165) is 24.6 Å². The Labute approximate surface area is 119 Å². The first-order chi connectivity index (χ1) is 9.40. The fraction of sp³-hybridized carbons (Fsp3) is 0.375. The summed E-state index contributed by atoms with van der Waals surface area (Å²) in [6, 6.07) is 6.91. The predicted molar refractivity (Wildman–Crippen MR) is 79.5 cm³/mol. The molecular weight excluding hydrogens is 254 g/mol. The van der Waals surface area contributed by atoms with E-state index in [1.54, 1.807) is 36.2 Å². The highest BCUT2D eigenvalue weighted by Crippen LogP contribution is 2.10. The van der Waals surface area contributed by atoms with Gasteiger partial charge in [-0.25, -0.2) is 4.79 Å². The van der Waals surface area contributed by atoms with E-state index in [1.165, 1.54) is 6.08 Å². The average Bonchev–Trinajstić information content (AvgIpc) is 2.42. The minimum atomic E-state index is -0.987. The number of hydrogen-bond acceptors (Lipinski definition) is 2. The number of carbonyl (C=O) groups is 2. The van der Waals surface area contributed by atoms with Crippen molar-refractivity contribution >= 4 is 18.0 Å². The number of amides is 1. The summed E-state index contributed by atoms with van der Waals surface area (Å²) in [4.78, 5) is 24.3. The molecule has 1 aromatic carbocycles. The topological polar surface area (TPSA) is 57.6 Å². The Kier molecular flexibility index (Phi) is 5.97. The quantitative estimate of drug-likeness (QED) is 0.812. The smallest absolute Gasteiger partial charge is 0.328 e. The number of nitrogens with zero attached hydrogens (tertiary/aromatic N) is 1. The van der Waals surface area contributed by atoms with Gasteiger partial charge in [0.1, 0.15) is 0 Å². The minimum Gasteiger partial charge on any atom is -0.478 e. The van der Waals surface area contributed by atoms with Crippen molar-refractivity contribution in [2.24, 2.45) is 5.92 Å². The molecule has 0 spiro atoms. The van der Waals surface area contributed by atoms with Crippen LogP contribution in [-0.4, -0.2) is 35.5 Å². The summed E-state index contributed by atoms with van der Waals surface area (Å²) >= 11 is 0. The van der Waals surface area contributed by atoms with Gasteiger partial charge in [0.2, 0.25) is 0 Å². The van der Waals surface area contributed by atoms with E-state index in [-0.39, 0.29) is 5.91 Å². The van der Waals surface area contributed by atoms with Crippen molar-refractivity contribution in [1.29, 1.82) is 0 Å². The molecule has 0 bridgehead atoms. The van der Waals surface area contributed by atoms with E-state index < -0.39 is 5.97 Å². The first kappa shape index (κ1) is 16.0. The van der Waals surface area contributed by atoms with Gasteiger partial charge >= 0.3 is 5.97 Å². The van der Waals surface area contributed by atoms with Gasteiger partial charge < -0.3 is 10.0 Å². The highest BCUT2D eigenvalue weighted by molar-refractivity contribution is 5.94. The monoisotopic (exact) mass is 275 g/mol. The van der Waals surface area contributed by atoms with E-state index in [0.29, 0.717) is 11.5 Å². The summed E-state index contributed by atoms with van der Waals surface area (Å²) < 4.78 is 0. The molecule has 1 rings (SSSR count). The molecule has 1 aromatic rings. The van der Waals surface area contributed by atoms with Gasteiger partial charge in [-0.2, -0.15) is 0 Å². The van der Waals surface area contributed by atoms with Crippen molar-refractivity contribution < 1.29 is 14.7 Å². The van der Waals surface area contributed by atoms with Gasteiger partial charge in [-0.3, -0.25) is 4.79 Å². The van der Waals surface area contributed by atoms with Crippen LogP contribution in [0.5, 0.6) is 0 Å². The van der Waals surface area contributed by atoms with Crippen molar-refractivity contribution in [3.8, 4) is 0 Å². The molecule has 4 nitrogen and oxygen atoms in total. The molecule has 20 heavy (non-hydrogen) atoms. The summed E-state index contributed by atoms with van der Waals surface area (Å²) in [5.74, 6) is -0.438. The number of benzene rings is 1.